The zero-order chi connectivity index (χ0) is 14.5. The molecule has 20 heavy (non-hydrogen) atoms. The summed E-state index contributed by atoms with van der Waals surface area (Å²) in [5.74, 6) is 0.757. The van der Waals surface area contributed by atoms with Crippen LogP contribution in [0.2, 0.25) is 0 Å². The van der Waals surface area contributed by atoms with E-state index >= 15 is 0 Å². The van der Waals surface area contributed by atoms with Crippen LogP contribution in [0.15, 0.2) is 24.3 Å². The zero-order valence-electron chi connectivity index (χ0n) is 11.9. The molecule has 3 N–H and O–H groups in total. The minimum Gasteiger partial charge on any atom is -0.389 e. The van der Waals surface area contributed by atoms with E-state index in [0.29, 0.717) is 16.6 Å². The van der Waals surface area contributed by atoms with Gasteiger partial charge in [0.05, 0.1) is 0 Å². The number of amides is 1. The summed E-state index contributed by atoms with van der Waals surface area (Å²) in [6.07, 6.45) is 5.91. The lowest BCUT2D eigenvalue weighted by molar-refractivity contribution is 0.0919. The molecule has 1 aliphatic rings. The summed E-state index contributed by atoms with van der Waals surface area (Å²) in [7, 11) is 0. The molecule has 2 rings (SSSR count). The van der Waals surface area contributed by atoms with Crippen molar-refractivity contribution in [2.45, 2.75) is 45.1 Å². The van der Waals surface area contributed by atoms with Gasteiger partial charge in [-0.1, -0.05) is 50.5 Å². The van der Waals surface area contributed by atoms with Gasteiger partial charge in [-0.3, -0.25) is 4.79 Å². The van der Waals surface area contributed by atoms with Crippen molar-refractivity contribution in [2.24, 2.45) is 11.7 Å². The van der Waals surface area contributed by atoms with Crippen LogP contribution in [-0.4, -0.2) is 16.9 Å². The smallest absolute Gasteiger partial charge is 0.251 e. The monoisotopic (exact) mass is 290 g/mol. The van der Waals surface area contributed by atoms with E-state index < -0.39 is 0 Å². The van der Waals surface area contributed by atoms with Gasteiger partial charge in [0.25, 0.3) is 5.91 Å². The standard InChI is InChI=1S/C16H22N2OS/c1-2-11-4-3-5-14(10-11)18-16(19)13-8-6-12(7-9-13)15(17)20/h6-9,11,14H,2-5,10H2,1H3,(H2,17,20)(H,18,19). The summed E-state index contributed by atoms with van der Waals surface area (Å²) in [6.45, 7) is 2.23. The molecule has 0 spiro atoms. The van der Waals surface area contributed by atoms with Crippen LogP contribution in [0.4, 0.5) is 0 Å². The normalized spacial score (nSPS) is 22.2. The van der Waals surface area contributed by atoms with Crippen LogP contribution in [0.5, 0.6) is 0 Å². The van der Waals surface area contributed by atoms with Gasteiger partial charge in [-0.05, 0) is 30.9 Å². The second kappa shape index (κ2) is 6.84. The Balaban J connectivity index is 1.95. The fourth-order valence-corrected chi connectivity index (χ4v) is 2.98. The summed E-state index contributed by atoms with van der Waals surface area (Å²) in [6, 6.07) is 7.48. The molecule has 1 amide bonds. The minimum atomic E-state index is 0.00115. The number of hydrogen-bond donors (Lipinski definition) is 2. The number of carbonyl (C=O) groups is 1. The first-order chi connectivity index (χ1) is 9.60. The minimum absolute atomic E-state index is 0.00115. The molecule has 0 saturated heterocycles. The second-order valence-corrected chi connectivity index (χ2v) is 5.99. The Kier molecular flexibility index (Phi) is 5.12. The Morgan fingerprint density at radius 2 is 1.95 bits per heavy atom. The lowest BCUT2D eigenvalue weighted by atomic mass is 9.84. The molecular formula is C16H22N2OS. The number of carbonyl (C=O) groups excluding carboxylic acids is 1. The van der Waals surface area contributed by atoms with Crippen molar-refractivity contribution < 1.29 is 4.79 Å². The zero-order valence-corrected chi connectivity index (χ0v) is 12.7. The highest BCUT2D eigenvalue weighted by Gasteiger charge is 2.22. The molecule has 1 fully saturated rings. The van der Waals surface area contributed by atoms with Crippen LogP contribution in [0.25, 0.3) is 0 Å². The fourth-order valence-electron chi connectivity index (χ4n) is 2.85. The highest BCUT2D eigenvalue weighted by Crippen LogP contribution is 2.26. The van der Waals surface area contributed by atoms with Crippen molar-refractivity contribution in [3.63, 3.8) is 0 Å². The number of rotatable bonds is 4. The molecule has 0 aromatic heterocycles. The van der Waals surface area contributed by atoms with E-state index in [2.05, 4.69) is 12.2 Å². The topological polar surface area (TPSA) is 55.1 Å². The number of nitrogens with one attached hydrogen (secondary N) is 1. The van der Waals surface area contributed by atoms with E-state index in [4.69, 9.17) is 18.0 Å². The van der Waals surface area contributed by atoms with Gasteiger partial charge in [0.2, 0.25) is 0 Å². The first-order valence-corrected chi connectivity index (χ1v) is 7.71. The molecule has 2 unspecified atom stereocenters. The molecule has 1 aliphatic carbocycles. The predicted octanol–water partition coefficient (Wildman–Crippen LogP) is 3.02. The van der Waals surface area contributed by atoms with Crippen molar-refractivity contribution in [1.29, 1.82) is 0 Å². The van der Waals surface area contributed by atoms with Gasteiger partial charge in [0, 0.05) is 17.2 Å². The predicted molar refractivity (Wildman–Crippen MR) is 85.8 cm³/mol. The van der Waals surface area contributed by atoms with Crippen molar-refractivity contribution in [2.75, 3.05) is 0 Å². The summed E-state index contributed by atoms with van der Waals surface area (Å²) in [4.78, 5) is 12.6. The highest BCUT2D eigenvalue weighted by atomic mass is 32.1. The maximum Gasteiger partial charge on any atom is 0.251 e. The van der Waals surface area contributed by atoms with Gasteiger partial charge in [0.15, 0.2) is 0 Å². The molecule has 0 radical (unpaired) electrons. The third-order valence-corrected chi connectivity index (χ3v) is 4.36. The van der Waals surface area contributed by atoms with Gasteiger partial charge in [-0.15, -0.1) is 0 Å². The second-order valence-electron chi connectivity index (χ2n) is 5.55. The molecule has 0 aliphatic heterocycles. The maximum atomic E-state index is 12.2. The Morgan fingerprint density at radius 3 is 2.55 bits per heavy atom. The number of nitrogens with two attached hydrogens (primary N) is 1. The van der Waals surface area contributed by atoms with Gasteiger partial charge in [-0.2, -0.15) is 0 Å². The summed E-state index contributed by atoms with van der Waals surface area (Å²) < 4.78 is 0. The Bertz CT molecular complexity index is 484. The largest absolute Gasteiger partial charge is 0.389 e. The molecule has 3 nitrogen and oxygen atoms in total. The molecule has 2 atom stereocenters. The van der Waals surface area contributed by atoms with Crippen LogP contribution in [0, 0.1) is 5.92 Å². The van der Waals surface area contributed by atoms with Gasteiger partial charge in [-0.25, -0.2) is 0 Å². The Hall–Kier alpha value is -1.42. The maximum absolute atomic E-state index is 12.2. The fraction of sp³-hybridized carbons (Fsp3) is 0.500. The van der Waals surface area contributed by atoms with Crippen LogP contribution in [0.3, 0.4) is 0 Å². The van der Waals surface area contributed by atoms with E-state index in [-0.39, 0.29) is 5.91 Å². The molecule has 1 saturated carbocycles. The molecule has 1 aromatic carbocycles. The molecule has 0 bridgehead atoms. The Labute approximate surface area is 125 Å². The number of hydrogen-bond acceptors (Lipinski definition) is 2. The summed E-state index contributed by atoms with van der Waals surface area (Å²) in [5.41, 5.74) is 7.01. The van der Waals surface area contributed by atoms with Crippen molar-refractivity contribution in [1.82, 2.24) is 5.32 Å². The van der Waals surface area contributed by atoms with E-state index in [1.165, 1.54) is 19.3 Å². The molecule has 0 heterocycles. The van der Waals surface area contributed by atoms with Gasteiger partial charge >= 0.3 is 0 Å². The third kappa shape index (κ3) is 3.79. The lowest BCUT2D eigenvalue weighted by Crippen LogP contribution is -2.38. The third-order valence-electron chi connectivity index (χ3n) is 4.13. The van der Waals surface area contributed by atoms with Crippen molar-refractivity contribution >= 4 is 23.1 Å². The van der Waals surface area contributed by atoms with Crippen molar-refractivity contribution in [3.8, 4) is 0 Å². The van der Waals surface area contributed by atoms with Crippen LogP contribution in [-0.2, 0) is 0 Å². The molecule has 4 heteroatoms. The molecular weight excluding hydrogens is 268 g/mol. The van der Waals surface area contributed by atoms with Crippen LogP contribution in [0.1, 0.15) is 54.9 Å². The van der Waals surface area contributed by atoms with Crippen LogP contribution >= 0.6 is 12.2 Å². The Morgan fingerprint density at radius 1 is 1.30 bits per heavy atom. The van der Waals surface area contributed by atoms with Gasteiger partial charge in [0.1, 0.15) is 4.99 Å². The number of benzene rings is 1. The van der Waals surface area contributed by atoms with E-state index in [1.807, 2.05) is 0 Å². The lowest BCUT2D eigenvalue weighted by Gasteiger charge is -2.29. The first-order valence-electron chi connectivity index (χ1n) is 7.31. The summed E-state index contributed by atoms with van der Waals surface area (Å²) in [5, 5.41) is 3.15. The van der Waals surface area contributed by atoms with E-state index in [9.17, 15) is 4.79 Å². The van der Waals surface area contributed by atoms with Crippen LogP contribution < -0.4 is 11.1 Å². The molecule has 108 valence electrons. The SMILES string of the molecule is CCC1CCCC(NC(=O)c2ccc(C(N)=S)cc2)C1. The highest BCUT2D eigenvalue weighted by molar-refractivity contribution is 7.80. The van der Waals surface area contributed by atoms with Crippen molar-refractivity contribution in [3.05, 3.63) is 35.4 Å². The van der Waals surface area contributed by atoms with Gasteiger partial charge < -0.3 is 11.1 Å². The first kappa shape index (κ1) is 15.0. The van der Waals surface area contributed by atoms with E-state index in [0.717, 1.165) is 24.3 Å². The average molecular weight is 290 g/mol. The number of thiocarbonyl (C=S) groups is 1. The quantitative estimate of drug-likeness (QED) is 0.838. The molecule has 1 aromatic rings. The average Bonchev–Trinajstić information content (AvgIpc) is 2.47. The summed E-state index contributed by atoms with van der Waals surface area (Å²) >= 11 is 4.91. The van der Waals surface area contributed by atoms with E-state index in [1.54, 1.807) is 24.3 Å².